The first-order chi connectivity index (χ1) is 11.2. The highest BCUT2D eigenvalue weighted by molar-refractivity contribution is 7.15. The van der Waals surface area contributed by atoms with Crippen LogP contribution in [0, 0.1) is 11.3 Å². The van der Waals surface area contributed by atoms with E-state index in [2.05, 4.69) is 20.5 Å². The Morgan fingerprint density at radius 3 is 2.83 bits per heavy atom. The maximum Gasteiger partial charge on any atom is 0.232 e. The molecule has 0 unspecified atom stereocenters. The van der Waals surface area contributed by atoms with Crippen molar-refractivity contribution in [3.63, 3.8) is 0 Å². The smallest absolute Gasteiger partial charge is 0.232 e. The summed E-state index contributed by atoms with van der Waals surface area (Å²) in [6, 6.07) is 5.34. The molecule has 2 aromatic rings. The number of amides is 1. The summed E-state index contributed by atoms with van der Waals surface area (Å²) < 4.78 is 0. The fourth-order valence-electron chi connectivity index (χ4n) is 2.72. The van der Waals surface area contributed by atoms with E-state index in [0.29, 0.717) is 22.3 Å². The molecular weight excluding hydrogens is 310 g/mol. The van der Waals surface area contributed by atoms with Crippen molar-refractivity contribution in [2.24, 2.45) is 0 Å². The van der Waals surface area contributed by atoms with E-state index in [-0.39, 0.29) is 12.3 Å². The lowest BCUT2D eigenvalue weighted by molar-refractivity contribution is -0.115. The minimum Gasteiger partial charge on any atom is -0.300 e. The molecule has 1 aliphatic carbocycles. The third-order valence-corrected chi connectivity index (χ3v) is 4.94. The quantitative estimate of drug-likeness (QED) is 0.932. The zero-order chi connectivity index (χ0) is 16.1. The van der Waals surface area contributed by atoms with Crippen molar-refractivity contribution in [1.82, 2.24) is 15.2 Å². The van der Waals surface area contributed by atoms with Gasteiger partial charge in [-0.3, -0.25) is 9.78 Å². The Bertz CT molecular complexity index is 713. The van der Waals surface area contributed by atoms with Gasteiger partial charge in [0, 0.05) is 17.8 Å². The summed E-state index contributed by atoms with van der Waals surface area (Å²) in [7, 11) is 0. The predicted molar refractivity (Wildman–Crippen MR) is 87.0 cm³/mol. The van der Waals surface area contributed by atoms with Crippen LogP contribution in [0.5, 0.6) is 0 Å². The van der Waals surface area contributed by atoms with E-state index in [0.717, 1.165) is 17.8 Å². The molecule has 2 heterocycles. The molecule has 0 bridgehead atoms. The van der Waals surface area contributed by atoms with Crippen LogP contribution < -0.4 is 5.32 Å². The Morgan fingerprint density at radius 2 is 2.13 bits per heavy atom. The Kier molecular flexibility index (Phi) is 4.93. The molecule has 0 saturated heterocycles. The summed E-state index contributed by atoms with van der Waals surface area (Å²) in [5.74, 6) is 0.320. The summed E-state index contributed by atoms with van der Waals surface area (Å²) in [6.45, 7) is 0. The average Bonchev–Trinajstić information content (AvgIpc) is 3.04. The summed E-state index contributed by atoms with van der Waals surface area (Å²) in [5.41, 5.74) is 1.11. The van der Waals surface area contributed by atoms with Crippen LogP contribution in [-0.2, 0) is 11.2 Å². The number of rotatable bonds is 4. The van der Waals surface area contributed by atoms with E-state index in [1.807, 2.05) is 6.07 Å². The number of carbonyl (C=O) groups is 1. The molecule has 0 spiro atoms. The van der Waals surface area contributed by atoms with Gasteiger partial charge in [0.2, 0.25) is 11.0 Å². The van der Waals surface area contributed by atoms with Gasteiger partial charge in [-0.15, -0.1) is 10.2 Å². The monoisotopic (exact) mass is 327 g/mol. The summed E-state index contributed by atoms with van der Waals surface area (Å²) in [6.07, 6.45) is 7.75. The zero-order valence-electron chi connectivity index (χ0n) is 12.7. The molecular formula is C16H17N5OS. The number of aromatic nitrogens is 3. The Labute approximate surface area is 138 Å². The highest BCUT2D eigenvalue weighted by atomic mass is 32.1. The molecule has 1 N–H and O–H groups in total. The molecule has 0 aromatic carbocycles. The van der Waals surface area contributed by atoms with Crippen LogP contribution in [0.2, 0.25) is 0 Å². The molecule has 0 atom stereocenters. The topological polar surface area (TPSA) is 91.6 Å². The van der Waals surface area contributed by atoms with E-state index < -0.39 is 0 Å². The molecule has 0 aliphatic heterocycles. The minimum absolute atomic E-state index is 0.157. The third kappa shape index (κ3) is 4.11. The van der Waals surface area contributed by atoms with Crippen molar-refractivity contribution in [1.29, 1.82) is 5.26 Å². The summed E-state index contributed by atoms with van der Waals surface area (Å²) in [4.78, 5) is 16.1. The number of carbonyl (C=O) groups excluding carboxylic acids is 1. The molecule has 23 heavy (non-hydrogen) atoms. The van der Waals surface area contributed by atoms with Gasteiger partial charge in [-0.1, -0.05) is 30.6 Å². The van der Waals surface area contributed by atoms with Crippen molar-refractivity contribution >= 4 is 22.4 Å². The van der Waals surface area contributed by atoms with Crippen LogP contribution in [0.3, 0.4) is 0 Å². The molecule has 1 saturated carbocycles. The number of hydrogen-bond acceptors (Lipinski definition) is 6. The van der Waals surface area contributed by atoms with Gasteiger partial charge in [0.1, 0.15) is 11.1 Å². The molecule has 6 nitrogen and oxygen atoms in total. The van der Waals surface area contributed by atoms with Crippen LogP contribution in [0.1, 0.15) is 54.3 Å². The standard InChI is InChI=1S/C16H17N5OS/c17-9-11-6-7-13(18-10-11)8-14(22)19-16-21-20-15(23-16)12-4-2-1-3-5-12/h6-7,10,12H,1-5,8H2,(H,19,21,22). The fraction of sp³-hybridized carbons (Fsp3) is 0.438. The van der Waals surface area contributed by atoms with E-state index in [1.165, 1.54) is 36.8 Å². The SMILES string of the molecule is N#Cc1ccc(CC(=O)Nc2nnc(C3CCCCC3)s2)nc1. The first kappa shape index (κ1) is 15.6. The normalized spacial score (nSPS) is 15.1. The lowest BCUT2D eigenvalue weighted by Gasteiger charge is -2.18. The van der Waals surface area contributed by atoms with Crippen LogP contribution in [0.4, 0.5) is 5.13 Å². The van der Waals surface area contributed by atoms with E-state index in [4.69, 9.17) is 5.26 Å². The third-order valence-electron chi connectivity index (χ3n) is 3.94. The molecule has 1 amide bonds. The van der Waals surface area contributed by atoms with Gasteiger partial charge in [-0.2, -0.15) is 5.26 Å². The largest absolute Gasteiger partial charge is 0.300 e. The lowest BCUT2D eigenvalue weighted by Crippen LogP contribution is -2.15. The molecule has 1 aliphatic rings. The zero-order valence-corrected chi connectivity index (χ0v) is 13.5. The first-order valence-corrected chi connectivity index (χ1v) is 8.54. The van der Waals surface area contributed by atoms with Gasteiger partial charge in [0.25, 0.3) is 0 Å². The lowest BCUT2D eigenvalue weighted by atomic mass is 9.90. The van der Waals surface area contributed by atoms with Crippen LogP contribution in [-0.4, -0.2) is 21.1 Å². The highest BCUT2D eigenvalue weighted by Crippen LogP contribution is 2.35. The molecule has 118 valence electrons. The number of hydrogen-bond donors (Lipinski definition) is 1. The summed E-state index contributed by atoms with van der Waals surface area (Å²) in [5, 5.41) is 21.4. The van der Waals surface area contributed by atoms with Gasteiger partial charge < -0.3 is 5.32 Å². The first-order valence-electron chi connectivity index (χ1n) is 7.73. The van der Waals surface area contributed by atoms with E-state index in [1.54, 1.807) is 12.1 Å². The molecule has 7 heteroatoms. The Balaban J connectivity index is 1.57. The number of anilines is 1. The number of nitrogens with zero attached hydrogens (tertiary/aromatic N) is 4. The van der Waals surface area contributed by atoms with Gasteiger partial charge in [-0.25, -0.2) is 0 Å². The second-order valence-electron chi connectivity index (χ2n) is 5.66. The molecule has 1 fully saturated rings. The van der Waals surface area contributed by atoms with Gasteiger partial charge in [0.15, 0.2) is 0 Å². The van der Waals surface area contributed by atoms with Crippen molar-refractivity contribution in [2.45, 2.75) is 44.4 Å². The predicted octanol–water partition coefficient (Wildman–Crippen LogP) is 3.03. The van der Waals surface area contributed by atoms with Crippen molar-refractivity contribution in [2.75, 3.05) is 5.32 Å². The molecule has 0 radical (unpaired) electrons. The number of nitrogens with one attached hydrogen (secondary N) is 1. The minimum atomic E-state index is -0.173. The number of nitriles is 1. The summed E-state index contributed by atoms with van der Waals surface area (Å²) >= 11 is 1.47. The van der Waals surface area contributed by atoms with E-state index in [9.17, 15) is 4.79 Å². The van der Waals surface area contributed by atoms with Crippen molar-refractivity contribution in [3.05, 3.63) is 34.6 Å². The fourth-order valence-corrected chi connectivity index (χ4v) is 3.65. The Hall–Kier alpha value is -2.33. The Morgan fingerprint density at radius 1 is 1.30 bits per heavy atom. The van der Waals surface area contributed by atoms with Gasteiger partial charge in [-0.05, 0) is 25.0 Å². The van der Waals surface area contributed by atoms with Gasteiger partial charge >= 0.3 is 0 Å². The van der Waals surface area contributed by atoms with Gasteiger partial charge in [0.05, 0.1) is 12.0 Å². The second kappa shape index (κ2) is 7.29. The van der Waals surface area contributed by atoms with Crippen molar-refractivity contribution in [3.8, 4) is 6.07 Å². The molecule has 3 rings (SSSR count). The van der Waals surface area contributed by atoms with Crippen molar-refractivity contribution < 1.29 is 4.79 Å². The second-order valence-corrected chi connectivity index (χ2v) is 6.66. The van der Waals surface area contributed by atoms with Crippen LogP contribution in [0.15, 0.2) is 18.3 Å². The van der Waals surface area contributed by atoms with Crippen LogP contribution in [0.25, 0.3) is 0 Å². The number of pyridine rings is 1. The highest BCUT2D eigenvalue weighted by Gasteiger charge is 2.20. The van der Waals surface area contributed by atoms with Crippen LogP contribution >= 0.6 is 11.3 Å². The average molecular weight is 327 g/mol. The molecule has 2 aromatic heterocycles. The van der Waals surface area contributed by atoms with E-state index >= 15 is 0 Å². The maximum absolute atomic E-state index is 12.0. The maximum atomic E-state index is 12.0.